The van der Waals surface area contributed by atoms with E-state index in [9.17, 15) is 5.11 Å². The normalized spacial score (nSPS) is 42.3. The van der Waals surface area contributed by atoms with Crippen molar-refractivity contribution in [3.8, 4) is 0 Å². The Balaban J connectivity index is 1.38. The van der Waals surface area contributed by atoms with E-state index >= 15 is 0 Å². The van der Waals surface area contributed by atoms with E-state index in [1.807, 2.05) is 30.3 Å². The van der Waals surface area contributed by atoms with E-state index in [2.05, 4.69) is 0 Å². The van der Waals surface area contributed by atoms with Crippen molar-refractivity contribution in [2.45, 2.75) is 74.9 Å². The Kier molecular flexibility index (Phi) is 4.08. The minimum absolute atomic E-state index is 0.127. The number of ether oxygens (including phenoxy) is 5. The van der Waals surface area contributed by atoms with Gasteiger partial charge in [0.05, 0.1) is 6.61 Å². The van der Waals surface area contributed by atoms with Gasteiger partial charge in [0.2, 0.25) is 0 Å². The van der Waals surface area contributed by atoms with Gasteiger partial charge in [0.15, 0.2) is 18.4 Å². The van der Waals surface area contributed by atoms with Crippen LogP contribution in [0.3, 0.4) is 0 Å². The Morgan fingerprint density at radius 3 is 2.44 bits per heavy atom. The van der Waals surface area contributed by atoms with Crippen LogP contribution >= 0.6 is 0 Å². The highest BCUT2D eigenvalue weighted by Crippen LogP contribution is 2.48. The summed E-state index contributed by atoms with van der Waals surface area (Å²) in [6.45, 7) is -0.127. The van der Waals surface area contributed by atoms with Crippen molar-refractivity contribution < 1.29 is 28.8 Å². The predicted octanol–water partition coefficient (Wildman–Crippen LogP) is 2.26. The molecule has 3 saturated heterocycles. The molecule has 4 fully saturated rings. The summed E-state index contributed by atoms with van der Waals surface area (Å²) in [6.07, 6.45) is 2.88. The van der Waals surface area contributed by atoms with E-state index in [-0.39, 0.29) is 24.9 Å². The molecule has 3 heterocycles. The van der Waals surface area contributed by atoms with Crippen molar-refractivity contribution in [3.05, 3.63) is 35.9 Å². The first-order valence-electron chi connectivity index (χ1n) is 9.26. The van der Waals surface area contributed by atoms with Crippen LogP contribution in [0.4, 0.5) is 0 Å². The molecule has 1 saturated carbocycles. The van der Waals surface area contributed by atoms with Crippen LogP contribution in [0, 0.1) is 0 Å². The molecule has 0 bridgehead atoms. The summed E-state index contributed by atoms with van der Waals surface area (Å²) in [5, 5.41) is 9.77. The molecule has 0 amide bonds. The molecular weight excluding hydrogens is 324 g/mol. The van der Waals surface area contributed by atoms with Crippen LogP contribution in [0.15, 0.2) is 30.3 Å². The molecule has 6 heteroatoms. The third-order valence-corrected chi connectivity index (χ3v) is 5.70. The smallest absolute Gasteiger partial charge is 0.190 e. The lowest BCUT2D eigenvalue weighted by Crippen LogP contribution is -2.51. The van der Waals surface area contributed by atoms with Crippen molar-refractivity contribution in [1.82, 2.24) is 0 Å². The van der Waals surface area contributed by atoms with Gasteiger partial charge in [-0.1, -0.05) is 36.8 Å². The Morgan fingerprint density at radius 1 is 0.880 bits per heavy atom. The van der Waals surface area contributed by atoms with E-state index in [0.717, 1.165) is 31.2 Å². The van der Waals surface area contributed by atoms with Crippen LogP contribution in [0.5, 0.6) is 0 Å². The summed E-state index contributed by atoms with van der Waals surface area (Å²) in [7, 11) is 0. The monoisotopic (exact) mass is 348 g/mol. The van der Waals surface area contributed by atoms with E-state index in [1.165, 1.54) is 6.42 Å². The molecule has 25 heavy (non-hydrogen) atoms. The molecule has 6 nitrogen and oxygen atoms in total. The maximum Gasteiger partial charge on any atom is 0.190 e. The average Bonchev–Trinajstić information content (AvgIpc) is 3.16. The maximum absolute atomic E-state index is 9.77. The lowest BCUT2D eigenvalue weighted by atomic mass is 9.94. The van der Waals surface area contributed by atoms with Crippen LogP contribution < -0.4 is 0 Å². The summed E-state index contributed by atoms with van der Waals surface area (Å²) in [5.41, 5.74) is 0.925. The van der Waals surface area contributed by atoms with E-state index < -0.39 is 24.5 Å². The van der Waals surface area contributed by atoms with Gasteiger partial charge in [-0.3, -0.25) is 0 Å². The molecule has 5 rings (SSSR count). The first-order chi connectivity index (χ1) is 12.3. The minimum atomic E-state index is -0.534. The predicted molar refractivity (Wildman–Crippen MR) is 86.4 cm³/mol. The molecule has 1 aliphatic carbocycles. The van der Waals surface area contributed by atoms with E-state index in [4.69, 9.17) is 23.7 Å². The number of aliphatic hydroxyl groups excluding tert-OH is 1. The standard InChI is InChI=1S/C19H24O6/c20-11-13-14-15(23-17(21-13)12-7-3-1-4-8-12)16-18(22-14)25-19(24-16)9-5-2-6-10-19/h1,3-4,7-8,13-18,20H,2,5-6,9-11H2/t13-,14-,15+,16-,17?,18-/m1/s1. The highest BCUT2D eigenvalue weighted by Gasteiger charge is 2.62. The molecule has 6 atom stereocenters. The van der Waals surface area contributed by atoms with Crippen molar-refractivity contribution in [3.63, 3.8) is 0 Å². The number of fused-ring (bicyclic) bond motifs is 3. The fourth-order valence-corrected chi connectivity index (χ4v) is 4.46. The van der Waals surface area contributed by atoms with Gasteiger partial charge in [0, 0.05) is 18.4 Å². The Labute approximate surface area is 147 Å². The minimum Gasteiger partial charge on any atom is -0.394 e. The van der Waals surface area contributed by atoms with Crippen LogP contribution in [0.2, 0.25) is 0 Å². The molecule has 0 radical (unpaired) electrons. The molecular formula is C19H24O6. The zero-order chi connectivity index (χ0) is 16.9. The first-order valence-corrected chi connectivity index (χ1v) is 9.26. The SMILES string of the molecule is OC[C@H]1OC(c2ccccc2)O[C@@H]2[C@H]3OC4(CCCCC4)O[C@H]3O[C@@H]21. The number of hydrogen-bond acceptors (Lipinski definition) is 6. The number of aliphatic hydroxyl groups is 1. The van der Waals surface area contributed by atoms with Gasteiger partial charge >= 0.3 is 0 Å². The second kappa shape index (κ2) is 6.30. The Hall–Kier alpha value is -1.02. The van der Waals surface area contributed by atoms with E-state index in [1.54, 1.807) is 0 Å². The summed E-state index contributed by atoms with van der Waals surface area (Å²) in [4.78, 5) is 0. The molecule has 1 spiro atoms. The number of benzene rings is 1. The van der Waals surface area contributed by atoms with Gasteiger partial charge in [-0.15, -0.1) is 0 Å². The van der Waals surface area contributed by atoms with Crippen molar-refractivity contribution in [2.75, 3.05) is 6.61 Å². The van der Waals surface area contributed by atoms with E-state index in [0.29, 0.717) is 0 Å². The van der Waals surface area contributed by atoms with Gasteiger partial charge in [-0.25, -0.2) is 0 Å². The second-order valence-electron chi connectivity index (χ2n) is 7.34. The van der Waals surface area contributed by atoms with Crippen LogP contribution in [-0.4, -0.2) is 48.2 Å². The molecule has 136 valence electrons. The van der Waals surface area contributed by atoms with Crippen LogP contribution in [0.1, 0.15) is 44.0 Å². The van der Waals surface area contributed by atoms with Crippen molar-refractivity contribution in [2.24, 2.45) is 0 Å². The summed E-state index contributed by atoms with van der Waals surface area (Å²) >= 11 is 0. The zero-order valence-electron chi connectivity index (χ0n) is 14.1. The largest absolute Gasteiger partial charge is 0.394 e. The molecule has 4 aliphatic rings. The molecule has 1 N–H and O–H groups in total. The molecule has 0 aromatic heterocycles. The summed E-state index contributed by atoms with van der Waals surface area (Å²) in [5.74, 6) is -0.517. The van der Waals surface area contributed by atoms with Gasteiger partial charge in [-0.2, -0.15) is 0 Å². The Bertz CT molecular complexity index is 601. The summed E-state index contributed by atoms with van der Waals surface area (Å²) < 4.78 is 30.7. The van der Waals surface area contributed by atoms with Gasteiger partial charge in [0.25, 0.3) is 0 Å². The lowest BCUT2D eigenvalue weighted by molar-refractivity contribution is -0.320. The van der Waals surface area contributed by atoms with Crippen LogP contribution in [0.25, 0.3) is 0 Å². The average molecular weight is 348 g/mol. The highest BCUT2D eigenvalue weighted by molar-refractivity contribution is 5.17. The molecule has 3 aliphatic heterocycles. The third-order valence-electron chi connectivity index (χ3n) is 5.70. The highest BCUT2D eigenvalue weighted by atomic mass is 16.9. The van der Waals surface area contributed by atoms with Crippen molar-refractivity contribution >= 4 is 0 Å². The molecule has 1 unspecified atom stereocenters. The number of rotatable bonds is 2. The third kappa shape index (κ3) is 2.72. The number of hydrogen-bond donors (Lipinski definition) is 1. The fourth-order valence-electron chi connectivity index (χ4n) is 4.46. The quantitative estimate of drug-likeness (QED) is 0.884. The van der Waals surface area contributed by atoms with Crippen molar-refractivity contribution in [1.29, 1.82) is 0 Å². The zero-order valence-corrected chi connectivity index (χ0v) is 14.1. The maximum atomic E-state index is 9.77. The fraction of sp³-hybridized carbons (Fsp3) is 0.684. The first kappa shape index (κ1) is 16.2. The molecule has 1 aromatic carbocycles. The van der Waals surface area contributed by atoms with Crippen LogP contribution in [-0.2, 0) is 23.7 Å². The van der Waals surface area contributed by atoms with Gasteiger partial charge in [-0.05, 0) is 12.8 Å². The van der Waals surface area contributed by atoms with Gasteiger partial charge < -0.3 is 28.8 Å². The lowest BCUT2D eigenvalue weighted by Gasteiger charge is -2.40. The summed E-state index contributed by atoms with van der Waals surface area (Å²) in [6, 6.07) is 9.77. The topological polar surface area (TPSA) is 66.4 Å². The Morgan fingerprint density at radius 2 is 1.68 bits per heavy atom. The van der Waals surface area contributed by atoms with Gasteiger partial charge in [0.1, 0.15) is 24.4 Å². The molecule has 1 aromatic rings. The second-order valence-corrected chi connectivity index (χ2v) is 7.34.